The van der Waals surface area contributed by atoms with Crippen LogP contribution in [-0.2, 0) is 6.61 Å². The van der Waals surface area contributed by atoms with E-state index < -0.39 is 5.97 Å². The second kappa shape index (κ2) is 10.1. The van der Waals surface area contributed by atoms with Crippen LogP contribution in [0.4, 0.5) is 0 Å². The molecule has 1 N–H and O–H groups in total. The van der Waals surface area contributed by atoms with Gasteiger partial charge in [-0.05, 0) is 60.9 Å². The Labute approximate surface area is 181 Å². The average Bonchev–Trinajstić information content (AvgIpc) is 2.78. The molecule has 3 aromatic carbocycles. The van der Waals surface area contributed by atoms with Gasteiger partial charge in [0.05, 0.1) is 23.8 Å². The first-order valence-corrected chi connectivity index (χ1v) is 9.91. The molecule has 31 heavy (non-hydrogen) atoms. The molecule has 0 aromatic heterocycles. The Morgan fingerprint density at radius 3 is 2.26 bits per heavy atom. The summed E-state index contributed by atoms with van der Waals surface area (Å²) in [6.45, 7) is 4.85. The van der Waals surface area contributed by atoms with E-state index in [-0.39, 0.29) is 5.56 Å². The van der Waals surface area contributed by atoms with Crippen LogP contribution in [0, 0.1) is 18.3 Å². The van der Waals surface area contributed by atoms with Gasteiger partial charge >= 0.3 is 5.97 Å². The van der Waals surface area contributed by atoms with Crippen LogP contribution in [0.25, 0.3) is 11.6 Å². The van der Waals surface area contributed by atoms with Gasteiger partial charge in [-0.2, -0.15) is 5.26 Å². The number of rotatable bonds is 8. The zero-order chi connectivity index (χ0) is 22.2. The van der Waals surface area contributed by atoms with Gasteiger partial charge in [-0.25, -0.2) is 4.79 Å². The van der Waals surface area contributed by atoms with Crippen LogP contribution in [-0.4, -0.2) is 17.7 Å². The van der Waals surface area contributed by atoms with Crippen LogP contribution in [0.5, 0.6) is 11.5 Å². The van der Waals surface area contributed by atoms with Crippen LogP contribution in [0.3, 0.4) is 0 Å². The molecule has 5 nitrogen and oxygen atoms in total. The van der Waals surface area contributed by atoms with Crippen LogP contribution in [0.15, 0.2) is 66.7 Å². The lowest BCUT2D eigenvalue weighted by Crippen LogP contribution is -2.00. The van der Waals surface area contributed by atoms with Gasteiger partial charge in [-0.3, -0.25) is 0 Å². The number of carboxylic acids is 1. The minimum Gasteiger partial charge on any atom is -0.490 e. The highest BCUT2D eigenvalue weighted by molar-refractivity contribution is 5.92. The number of hydrogen-bond acceptors (Lipinski definition) is 4. The number of aryl methyl sites for hydroxylation is 1. The second-order valence-corrected chi connectivity index (χ2v) is 6.97. The Kier molecular flexibility index (Phi) is 7.08. The Morgan fingerprint density at radius 2 is 1.65 bits per heavy atom. The quantitative estimate of drug-likeness (QED) is 0.376. The van der Waals surface area contributed by atoms with Gasteiger partial charge < -0.3 is 14.6 Å². The fraction of sp³-hybridized carbons (Fsp3) is 0.154. The summed E-state index contributed by atoms with van der Waals surface area (Å²) in [5.74, 6) is 0.224. The first kappa shape index (κ1) is 21.7. The van der Waals surface area contributed by atoms with Crippen molar-refractivity contribution in [3.63, 3.8) is 0 Å². The lowest BCUT2D eigenvalue weighted by atomic mass is 10.0. The number of ether oxygens (including phenoxy) is 2. The van der Waals surface area contributed by atoms with Gasteiger partial charge in [0.1, 0.15) is 6.61 Å². The standard InChI is InChI=1S/C26H23NO4/c1-3-30-25-15-20(8-13-24(25)31-17-19-6-4-18(2)5-7-19)14-23(16-27)21-9-11-22(12-10-21)26(28)29/h4-15H,3,17H2,1-2H3,(H,28,29)/b23-14-. The maximum Gasteiger partial charge on any atom is 0.335 e. The molecule has 3 rings (SSSR count). The van der Waals surface area contributed by atoms with E-state index in [1.54, 1.807) is 18.2 Å². The summed E-state index contributed by atoms with van der Waals surface area (Å²) in [7, 11) is 0. The smallest absolute Gasteiger partial charge is 0.335 e. The third-order valence-corrected chi connectivity index (χ3v) is 4.66. The lowest BCUT2D eigenvalue weighted by molar-refractivity contribution is 0.0697. The largest absolute Gasteiger partial charge is 0.490 e. The minimum atomic E-state index is -1.00. The van der Waals surface area contributed by atoms with E-state index in [1.165, 1.54) is 17.7 Å². The molecule has 0 bridgehead atoms. The van der Waals surface area contributed by atoms with Gasteiger partial charge in [-0.15, -0.1) is 0 Å². The summed E-state index contributed by atoms with van der Waals surface area (Å²) in [6.07, 6.45) is 1.74. The summed E-state index contributed by atoms with van der Waals surface area (Å²) in [6, 6.07) is 22.1. The van der Waals surface area contributed by atoms with Crippen molar-refractivity contribution < 1.29 is 19.4 Å². The molecule has 0 aliphatic carbocycles. The summed E-state index contributed by atoms with van der Waals surface area (Å²) in [4.78, 5) is 11.0. The number of nitriles is 1. The van der Waals surface area contributed by atoms with Crippen molar-refractivity contribution in [1.29, 1.82) is 5.26 Å². The summed E-state index contributed by atoms with van der Waals surface area (Å²) >= 11 is 0. The van der Waals surface area contributed by atoms with E-state index >= 15 is 0 Å². The minimum absolute atomic E-state index is 0.176. The Balaban J connectivity index is 1.83. The molecule has 0 atom stereocenters. The molecule has 0 heterocycles. The van der Waals surface area contributed by atoms with Crippen molar-refractivity contribution in [3.8, 4) is 17.6 Å². The number of carboxylic acid groups (broad SMARTS) is 1. The zero-order valence-electron chi connectivity index (χ0n) is 17.5. The second-order valence-electron chi connectivity index (χ2n) is 6.97. The molecular formula is C26H23NO4. The number of hydrogen-bond donors (Lipinski definition) is 1. The molecule has 0 radical (unpaired) electrons. The highest BCUT2D eigenvalue weighted by Gasteiger charge is 2.09. The van der Waals surface area contributed by atoms with Crippen molar-refractivity contribution in [2.24, 2.45) is 0 Å². The summed E-state index contributed by atoms with van der Waals surface area (Å²) in [5.41, 5.74) is 4.28. The normalized spacial score (nSPS) is 10.9. The fourth-order valence-electron chi connectivity index (χ4n) is 2.99. The van der Waals surface area contributed by atoms with Gasteiger partial charge in [-0.1, -0.05) is 48.0 Å². The SMILES string of the molecule is CCOc1cc(/C=C(/C#N)c2ccc(C(=O)O)cc2)ccc1OCc1ccc(C)cc1. The van der Waals surface area contributed by atoms with Crippen LogP contribution < -0.4 is 9.47 Å². The van der Waals surface area contributed by atoms with Crippen molar-refractivity contribution >= 4 is 17.6 Å². The van der Waals surface area contributed by atoms with Crippen molar-refractivity contribution in [2.75, 3.05) is 6.61 Å². The fourth-order valence-corrected chi connectivity index (χ4v) is 2.99. The third-order valence-electron chi connectivity index (χ3n) is 4.66. The number of nitrogens with zero attached hydrogens (tertiary/aromatic N) is 1. The number of carbonyl (C=O) groups is 1. The predicted molar refractivity (Wildman–Crippen MR) is 120 cm³/mol. The third kappa shape index (κ3) is 5.74. The Morgan fingerprint density at radius 1 is 0.968 bits per heavy atom. The Bertz CT molecular complexity index is 1120. The zero-order valence-corrected chi connectivity index (χ0v) is 17.5. The van der Waals surface area contributed by atoms with Crippen molar-refractivity contribution in [1.82, 2.24) is 0 Å². The Hall–Kier alpha value is -4.04. The molecule has 0 fully saturated rings. The van der Waals surface area contributed by atoms with E-state index in [0.717, 1.165) is 11.1 Å². The van der Waals surface area contributed by atoms with Crippen LogP contribution >= 0.6 is 0 Å². The molecule has 0 aliphatic rings. The molecule has 0 unspecified atom stereocenters. The van der Waals surface area contributed by atoms with Crippen molar-refractivity contribution in [3.05, 3.63) is 94.5 Å². The van der Waals surface area contributed by atoms with Crippen LogP contribution in [0.1, 0.15) is 39.5 Å². The molecule has 3 aromatic rings. The maximum atomic E-state index is 11.0. The molecule has 0 saturated heterocycles. The molecular weight excluding hydrogens is 390 g/mol. The first-order chi connectivity index (χ1) is 15.0. The van der Waals surface area contributed by atoms with E-state index in [2.05, 4.69) is 6.07 Å². The van der Waals surface area contributed by atoms with E-state index in [4.69, 9.17) is 14.6 Å². The molecule has 0 saturated carbocycles. The lowest BCUT2D eigenvalue weighted by Gasteiger charge is -2.13. The molecule has 0 amide bonds. The molecule has 0 spiro atoms. The molecule has 0 aliphatic heterocycles. The summed E-state index contributed by atoms with van der Waals surface area (Å²) in [5, 5.41) is 18.6. The molecule has 5 heteroatoms. The van der Waals surface area contributed by atoms with E-state index in [9.17, 15) is 10.1 Å². The average molecular weight is 413 g/mol. The van der Waals surface area contributed by atoms with Gasteiger partial charge in [0.15, 0.2) is 11.5 Å². The topological polar surface area (TPSA) is 79.5 Å². The van der Waals surface area contributed by atoms with E-state index in [0.29, 0.717) is 35.8 Å². The van der Waals surface area contributed by atoms with E-state index in [1.807, 2.05) is 56.3 Å². The number of benzene rings is 3. The van der Waals surface area contributed by atoms with Gasteiger partial charge in [0, 0.05) is 0 Å². The monoisotopic (exact) mass is 413 g/mol. The van der Waals surface area contributed by atoms with Gasteiger partial charge in [0.25, 0.3) is 0 Å². The maximum absolute atomic E-state index is 11.0. The van der Waals surface area contributed by atoms with Gasteiger partial charge in [0.2, 0.25) is 0 Å². The van der Waals surface area contributed by atoms with Crippen LogP contribution in [0.2, 0.25) is 0 Å². The predicted octanol–water partition coefficient (Wildman–Crippen LogP) is 5.74. The number of aromatic carboxylic acids is 1. The first-order valence-electron chi connectivity index (χ1n) is 9.91. The molecule has 156 valence electrons. The summed E-state index contributed by atoms with van der Waals surface area (Å²) < 4.78 is 11.7. The highest BCUT2D eigenvalue weighted by Crippen LogP contribution is 2.31. The highest BCUT2D eigenvalue weighted by atomic mass is 16.5. The van der Waals surface area contributed by atoms with Crippen molar-refractivity contribution in [2.45, 2.75) is 20.5 Å². The number of allylic oxidation sites excluding steroid dienone is 1.